The highest BCUT2D eigenvalue weighted by Crippen LogP contribution is 2.16. The van der Waals surface area contributed by atoms with Gasteiger partial charge < -0.3 is 14.8 Å². The van der Waals surface area contributed by atoms with Crippen LogP contribution in [0.15, 0.2) is 30.5 Å². The van der Waals surface area contributed by atoms with Gasteiger partial charge in [-0.05, 0) is 50.3 Å². The Morgan fingerprint density at radius 1 is 0.806 bits per heavy atom. The Labute approximate surface area is 189 Å². The number of ether oxygens (including phenoxy) is 2. The molecule has 1 aliphatic rings. The number of hydrogen-bond acceptors (Lipinski definition) is 5. The molecule has 2 rings (SSSR count). The average molecular weight is 430 g/mol. The number of aryl methyl sites for hydroxylation is 1. The van der Waals surface area contributed by atoms with Crippen LogP contribution < -0.4 is 5.32 Å². The molecule has 5 nitrogen and oxygen atoms in total. The van der Waals surface area contributed by atoms with E-state index in [-0.39, 0.29) is 6.23 Å². The topological polar surface area (TPSA) is 56.3 Å². The van der Waals surface area contributed by atoms with Crippen LogP contribution in [-0.4, -0.2) is 36.2 Å². The zero-order valence-electron chi connectivity index (χ0n) is 19.8. The molecule has 0 amide bonds. The summed E-state index contributed by atoms with van der Waals surface area (Å²) >= 11 is 0. The van der Waals surface area contributed by atoms with Crippen molar-refractivity contribution in [3.63, 3.8) is 0 Å². The van der Waals surface area contributed by atoms with Crippen molar-refractivity contribution in [2.24, 2.45) is 0 Å². The van der Waals surface area contributed by atoms with Crippen LogP contribution in [0, 0.1) is 0 Å². The van der Waals surface area contributed by atoms with Crippen LogP contribution in [0.4, 0.5) is 0 Å². The Hall–Kier alpha value is -1.72. The summed E-state index contributed by atoms with van der Waals surface area (Å²) in [4.78, 5) is 0. The molecule has 1 aromatic rings. The van der Waals surface area contributed by atoms with Crippen molar-refractivity contribution in [1.82, 2.24) is 15.5 Å². The molecule has 0 bridgehead atoms. The van der Waals surface area contributed by atoms with Crippen molar-refractivity contribution < 1.29 is 9.47 Å². The molecule has 0 saturated heterocycles. The Morgan fingerprint density at radius 3 is 2.19 bits per heavy atom. The Morgan fingerprint density at radius 2 is 1.52 bits per heavy atom. The molecule has 0 saturated carbocycles. The maximum Gasteiger partial charge on any atom is 0.146 e. The quantitative estimate of drug-likeness (QED) is 0.281. The molecule has 5 heteroatoms. The van der Waals surface area contributed by atoms with Crippen LogP contribution in [0.1, 0.15) is 95.9 Å². The van der Waals surface area contributed by atoms with Gasteiger partial charge in [0.25, 0.3) is 0 Å². The molecular weight excluding hydrogens is 386 g/mol. The lowest BCUT2D eigenvalue weighted by atomic mass is 10.1. The molecule has 1 N–H and O–H groups in total. The number of aromatic nitrogens is 2. The van der Waals surface area contributed by atoms with Gasteiger partial charge in [0, 0.05) is 31.6 Å². The molecule has 0 aromatic carbocycles. The number of nitrogens with zero attached hydrogens (tertiary/aromatic N) is 2. The number of dihydropyridines is 1. The van der Waals surface area contributed by atoms with Crippen molar-refractivity contribution in [1.29, 1.82) is 0 Å². The van der Waals surface area contributed by atoms with Crippen molar-refractivity contribution in [3.05, 3.63) is 41.9 Å². The monoisotopic (exact) mass is 429 g/mol. The van der Waals surface area contributed by atoms with Crippen LogP contribution >= 0.6 is 0 Å². The van der Waals surface area contributed by atoms with Gasteiger partial charge in [0.15, 0.2) is 0 Å². The lowest BCUT2D eigenvalue weighted by Gasteiger charge is -2.19. The summed E-state index contributed by atoms with van der Waals surface area (Å²) in [6.07, 6.45) is 20.5. The SMILES string of the molecule is CCCCCCCOC1C=CC(c2ccc(CCCCOCCCCCC)nn2)=CN1. The third-order valence-corrected chi connectivity index (χ3v) is 5.53. The van der Waals surface area contributed by atoms with E-state index in [1.807, 2.05) is 6.20 Å². The van der Waals surface area contributed by atoms with Crippen LogP contribution in [0.2, 0.25) is 0 Å². The van der Waals surface area contributed by atoms with Gasteiger partial charge in [-0.2, -0.15) is 10.2 Å². The summed E-state index contributed by atoms with van der Waals surface area (Å²) in [6.45, 7) is 7.02. The predicted octanol–water partition coefficient (Wildman–Crippen LogP) is 6.21. The highest BCUT2D eigenvalue weighted by molar-refractivity contribution is 5.72. The zero-order chi connectivity index (χ0) is 22.0. The highest BCUT2D eigenvalue weighted by atomic mass is 16.5. The van der Waals surface area contributed by atoms with Gasteiger partial charge in [-0.1, -0.05) is 64.9 Å². The van der Waals surface area contributed by atoms with E-state index >= 15 is 0 Å². The van der Waals surface area contributed by atoms with Gasteiger partial charge in [-0.3, -0.25) is 0 Å². The smallest absolute Gasteiger partial charge is 0.146 e. The van der Waals surface area contributed by atoms with Crippen molar-refractivity contribution in [2.45, 2.75) is 97.1 Å². The lowest BCUT2D eigenvalue weighted by Crippen LogP contribution is -2.28. The van der Waals surface area contributed by atoms with Gasteiger partial charge in [0.2, 0.25) is 0 Å². The van der Waals surface area contributed by atoms with Gasteiger partial charge in [0.05, 0.1) is 11.4 Å². The van der Waals surface area contributed by atoms with E-state index in [1.165, 1.54) is 51.4 Å². The van der Waals surface area contributed by atoms with E-state index in [1.54, 1.807) is 0 Å². The highest BCUT2D eigenvalue weighted by Gasteiger charge is 2.10. The van der Waals surface area contributed by atoms with E-state index in [0.29, 0.717) is 0 Å². The van der Waals surface area contributed by atoms with E-state index in [2.05, 4.69) is 53.6 Å². The van der Waals surface area contributed by atoms with Crippen molar-refractivity contribution >= 4 is 5.57 Å². The molecular formula is C26H43N3O2. The minimum atomic E-state index is -0.0454. The molecule has 1 aliphatic heterocycles. The molecule has 174 valence electrons. The van der Waals surface area contributed by atoms with Crippen LogP contribution in [0.3, 0.4) is 0 Å². The number of allylic oxidation sites excluding steroid dienone is 2. The number of unbranched alkanes of at least 4 members (excludes halogenated alkanes) is 8. The summed E-state index contributed by atoms with van der Waals surface area (Å²) in [5, 5.41) is 12.1. The normalized spacial score (nSPS) is 15.7. The Bertz CT molecular complexity index is 628. The molecule has 0 radical (unpaired) electrons. The molecule has 0 aliphatic carbocycles. The van der Waals surface area contributed by atoms with Crippen LogP contribution in [0.5, 0.6) is 0 Å². The number of hydrogen-bond donors (Lipinski definition) is 1. The maximum absolute atomic E-state index is 5.87. The second-order valence-electron chi connectivity index (χ2n) is 8.37. The summed E-state index contributed by atoms with van der Waals surface area (Å²) in [5.74, 6) is 0. The molecule has 1 aromatic heterocycles. The third-order valence-electron chi connectivity index (χ3n) is 5.53. The largest absolute Gasteiger partial charge is 0.381 e. The first-order valence-electron chi connectivity index (χ1n) is 12.5. The van der Waals surface area contributed by atoms with Crippen LogP contribution in [-0.2, 0) is 15.9 Å². The summed E-state index contributed by atoms with van der Waals surface area (Å²) in [5.41, 5.74) is 2.98. The second kappa shape index (κ2) is 16.9. The Kier molecular flexibility index (Phi) is 13.9. The molecule has 0 spiro atoms. The van der Waals surface area contributed by atoms with E-state index < -0.39 is 0 Å². The predicted molar refractivity (Wildman–Crippen MR) is 129 cm³/mol. The fourth-order valence-electron chi connectivity index (χ4n) is 3.54. The van der Waals surface area contributed by atoms with Gasteiger partial charge >= 0.3 is 0 Å². The summed E-state index contributed by atoms with van der Waals surface area (Å²) in [7, 11) is 0. The van der Waals surface area contributed by atoms with E-state index in [4.69, 9.17) is 9.47 Å². The first-order chi connectivity index (χ1) is 15.3. The standard InChI is InChI=1S/C26H43N3O2/c1-3-5-7-9-12-21-31-26-18-15-23(22-27-26)25-17-16-24(28-29-25)14-10-13-20-30-19-11-8-6-4-2/h15-18,22,26-27H,3-14,19-21H2,1-2H3. The van der Waals surface area contributed by atoms with Gasteiger partial charge in [-0.25, -0.2) is 0 Å². The average Bonchev–Trinajstić information content (AvgIpc) is 2.81. The molecule has 0 fully saturated rings. The first-order valence-corrected chi connectivity index (χ1v) is 12.5. The lowest BCUT2D eigenvalue weighted by molar-refractivity contribution is 0.0682. The number of nitrogens with one attached hydrogen (secondary N) is 1. The Balaban J connectivity index is 1.57. The minimum Gasteiger partial charge on any atom is -0.381 e. The van der Waals surface area contributed by atoms with Crippen molar-refractivity contribution in [2.75, 3.05) is 19.8 Å². The fourth-order valence-corrected chi connectivity index (χ4v) is 3.54. The summed E-state index contributed by atoms with van der Waals surface area (Å²) < 4.78 is 11.6. The third kappa shape index (κ3) is 11.5. The number of rotatable bonds is 18. The van der Waals surface area contributed by atoms with E-state index in [9.17, 15) is 0 Å². The molecule has 2 heterocycles. The summed E-state index contributed by atoms with van der Waals surface area (Å²) in [6, 6.07) is 4.14. The van der Waals surface area contributed by atoms with Gasteiger partial charge in [-0.15, -0.1) is 0 Å². The molecule has 1 atom stereocenters. The molecule has 1 unspecified atom stereocenters. The second-order valence-corrected chi connectivity index (χ2v) is 8.37. The zero-order valence-corrected chi connectivity index (χ0v) is 19.8. The maximum atomic E-state index is 5.87. The van der Waals surface area contributed by atoms with Crippen LogP contribution in [0.25, 0.3) is 5.57 Å². The molecule has 31 heavy (non-hydrogen) atoms. The minimum absolute atomic E-state index is 0.0454. The fraction of sp³-hybridized carbons (Fsp3) is 0.692. The van der Waals surface area contributed by atoms with Gasteiger partial charge in [0.1, 0.15) is 6.23 Å². The van der Waals surface area contributed by atoms with Crippen molar-refractivity contribution in [3.8, 4) is 0 Å². The van der Waals surface area contributed by atoms with E-state index in [0.717, 1.165) is 62.5 Å². The first kappa shape index (κ1) is 25.5.